The molecule has 0 spiro atoms. The summed E-state index contributed by atoms with van der Waals surface area (Å²) < 4.78 is 0. The van der Waals surface area contributed by atoms with E-state index in [1.807, 2.05) is 13.1 Å². The molecule has 0 aliphatic carbocycles. The third kappa shape index (κ3) is 5.74. The first-order valence-corrected chi connectivity index (χ1v) is 5.40. The molecule has 0 bridgehead atoms. The Labute approximate surface area is 102 Å². The van der Waals surface area contributed by atoms with E-state index in [4.69, 9.17) is 21.1 Å². The van der Waals surface area contributed by atoms with Gasteiger partial charge in [-0.3, -0.25) is 4.98 Å². The lowest BCUT2D eigenvalue weighted by atomic mass is 10.1. The molecule has 0 saturated heterocycles. The van der Waals surface area contributed by atoms with Gasteiger partial charge in [0.15, 0.2) is 0 Å². The molecule has 5 nitrogen and oxygen atoms in total. The summed E-state index contributed by atoms with van der Waals surface area (Å²) in [5.41, 5.74) is 7.57. The molecule has 0 radical (unpaired) electrons. The summed E-state index contributed by atoms with van der Waals surface area (Å²) in [7, 11) is 0. The molecule has 0 aliphatic heterocycles. The molecule has 0 amide bonds. The van der Waals surface area contributed by atoms with Gasteiger partial charge in [0.1, 0.15) is 0 Å². The minimum absolute atomic E-state index is 0.403. The van der Waals surface area contributed by atoms with Crippen LogP contribution in [-0.2, 0) is 0 Å². The second-order valence-electron chi connectivity index (χ2n) is 4.25. The van der Waals surface area contributed by atoms with Gasteiger partial charge in [0, 0.05) is 11.9 Å². The molecule has 5 heteroatoms. The van der Waals surface area contributed by atoms with Crippen molar-refractivity contribution in [2.45, 2.75) is 26.3 Å². The van der Waals surface area contributed by atoms with Crippen LogP contribution in [0.15, 0.2) is 12.3 Å². The van der Waals surface area contributed by atoms with E-state index in [0.717, 1.165) is 5.69 Å². The molecule has 1 aromatic heterocycles. The maximum atomic E-state index is 8.34. The first kappa shape index (κ1) is 16.0. The van der Waals surface area contributed by atoms with Crippen molar-refractivity contribution in [2.24, 2.45) is 5.73 Å². The average Bonchev–Trinajstić information content (AvgIpc) is 2.34. The first-order chi connectivity index (χ1) is 7.88. The summed E-state index contributed by atoms with van der Waals surface area (Å²) in [5.74, 6) is 0. The Bertz CT molecular complexity index is 330. The largest absolute Gasteiger partial charge is 0.394 e. The van der Waals surface area contributed by atoms with E-state index in [2.05, 4.69) is 24.9 Å². The zero-order valence-electron chi connectivity index (χ0n) is 10.6. The average molecular weight is 242 g/mol. The smallest absolute Gasteiger partial charge is 0.0856 e. The fraction of sp³-hybridized carbons (Fsp3) is 0.583. The van der Waals surface area contributed by atoms with Gasteiger partial charge in [-0.25, -0.2) is 0 Å². The predicted molar refractivity (Wildman–Crippen MR) is 66.6 cm³/mol. The van der Waals surface area contributed by atoms with E-state index < -0.39 is 25.4 Å². The van der Waals surface area contributed by atoms with Gasteiger partial charge in [0.25, 0.3) is 0 Å². The number of aliphatic hydroxyl groups excluding tert-OH is 3. The normalized spacial score (nSPS) is 10.8. The van der Waals surface area contributed by atoms with Crippen molar-refractivity contribution < 1.29 is 15.3 Å². The zero-order valence-corrected chi connectivity index (χ0v) is 10.6. The van der Waals surface area contributed by atoms with Gasteiger partial charge in [-0.2, -0.15) is 0 Å². The number of nitrogens with zero attached hydrogens (tertiary/aromatic N) is 1. The summed E-state index contributed by atoms with van der Waals surface area (Å²) in [6, 6.07) is 2.14. The lowest BCUT2D eigenvalue weighted by molar-refractivity contribution is 0.0698. The summed E-state index contributed by atoms with van der Waals surface area (Å²) in [6.07, 6.45) is 1.89. The molecular weight excluding hydrogens is 220 g/mol. The van der Waals surface area contributed by atoms with Gasteiger partial charge in [0.2, 0.25) is 0 Å². The number of hydrogen-bond acceptors (Lipinski definition) is 5. The molecule has 98 valence electrons. The maximum Gasteiger partial charge on any atom is 0.0856 e. The summed E-state index contributed by atoms with van der Waals surface area (Å²) in [5, 5.41) is 25.0. The Hall–Kier alpha value is -1.01. The quantitative estimate of drug-likeness (QED) is 0.581. The van der Waals surface area contributed by atoms with E-state index >= 15 is 0 Å². The molecule has 0 aromatic carbocycles. The van der Waals surface area contributed by atoms with Crippen LogP contribution in [0.5, 0.6) is 0 Å². The lowest BCUT2D eigenvalue weighted by Crippen LogP contribution is -2.50. The van der Waals surface area contributed by atoms with Crippen LogP contribution in [-0.4, -0.2) is 45.7 Å². The molecule has 0 saturated carbocycles. The van der Waals surface area contributed by atoms with Gasteiger partial charge in [0.05, 0.1) is 25.4 Å². The lowest BCUT2D eigenvalue weighted by Gasteiger charge is -2.20. The highest BCUT2D eigenvalue weighted by Crippen LogP contribution is 2.03. The Morgan fingerprint density at radius 2 is 1.59 bits per heavy atom. The molecule has 1 heterocycles. The van der Waals surface area contributed by atoms with E-state index in [-0.39, 0.29) is 0 Å². The van der Waals surface area contributed by atoms with E-state index in [1.165, 1.54) is 11.1 Å². The van der Waals surface area contributed by atoms with Crippen molar-refractivity contribution >= 4 is 0 Å². The zero-order chi connectivity index (χ0) is 13.5. The molecule has 0 fully saturated rings. The Kier molecular flexibility index (Phi) is 6.91. The number of nitrogens with two attached hydrogens (primary N) is 1. The highest BCUT2D eigenvalue weighted by Gasteiger charge is 2.20. The number of aromatic nitrogens is 1. The topological polar surface area (TPSA) is 99.6 Å². The monoisotopic (exact) mass is 242 g/mol. The van der Waals surface area contributed by atoms with Crippen molar-refractivity contribution in [1.82, 2.24) is 4.98 Å². The SMILES string of the molecule is Cc1cnc(C)c(C)c1.NC(CO)(CO)CO. The summed E-state index contributed by atoms with van der Waals surface area (Å²) >= 11 is 0. The number of aliphatic hydroxyl groups is 3. The molecule has 0 unspecified atom stereocenters. The molecule has 0 aliphatic rings. The number of pyridine rings is 1. The van der Waals surface area contributed by atoms with Gasteiger partial charge in [-0.05, 0) is 31.9 Å². The van der Waals surface area contributed by atoms with Crippen molar-refractivity contribution in [2.75, 3.05) is 19.8 Å². The Morgan fingerprint density at radius 3 is 1.82 bits per heavy atom. The van der Waals surface area contributed by atoms with Crippen LogP contribution < -0.4 is 5.73 Å². The third-order valence-corrected chi connectivity index (χ3v) is 2.42. The molecule has 1 rings (SSSR count). The Balaban J connectivity index is 0.000000304. The maximum absolute atomic E-state index is 8.34. The summed E-state index contributed by atoms with van der Waals surface area (Å²) in [6.45, 7) is 4.95. The number of hydrogen-bond donors (Lipinski definition) is 4. The van der Waals surface area contributed by atoms with Crippen molar-refractivity contribution in [3.63, 3.8) is 0 Å². The van der Waals surface area contributed by atoms with Gasteiger partial charge in [-0.1, -0.05) is 6.07 Å². The number of aryl methyl sites for hydroxylation is 3. The van der Waals surface area contributed by atoms with Crippen LogP contribution in [0.2, 0.25) is 0 Å². The highest BCUT2D eigenvalue weighted by atomic mass is 16.3. The van der Waals surface area contributed by atoms with E-state index in [9.17, 15) is 0 Å². The fourth-order valence-corrected chi connectivity index (χ4v) is 0.934. The second kappa shape index (κ2) is 7.34. The Morgan fingerprint density at radius 1 is 1.12 bits per heavy atom. The molecule has 1 aromatic rings. The molecule has 17 heavy (non-hydrogen) atoms. The fourth-order valence-electron chi connectivity index (χ4n) is 0.934. The van der Waals surface area contributed by atoms with E-state index in [1.54, 1.807) is 0 Å². The summed E-state index contributed by atoms with van der Waals surface area (Å²) in [4.78, 5) is 4.18. The van der Waals surface area contributed by atoms with Crippen molar-refractivity contribution in [1.29, 1.82) is 0 Å². The van der Waals surface area contributed by atoms with Crippen LogP contribution in [0.4, 0.5) is 0 Å². The third-order valence-electron chi connectivity index (χ3n) is 2.42. The van der Waals surface area contributed by atoms with Crippen LogP contribution in [0.3, 0.4) is 0 Å². The molecular formula is C12H22N2O3. The predicted octanol–water partition coefficient (Wildman–Crippen LogP) is -0.332. The van der Waals surface area contributed by atoms with Crippen molar-refractivity contribution in [3.05, 3.63) is 29.1 Å². The molecule has 0 atom stereocenters. The number of rotatable bonds is 3. The minimum atomic E-state index is -1.21. The second-order valence-corrected chi connectivity index (χ2v) is 4.25. The molecule has 5 N–H and O–H groups in total. The van der Waals surface area contributed by atoms with Crippen LogP contribution >= 0.6 is 0 Å². The van der Waals surface area contributed by atoms with Crippen molar-refractivity contribution in [3.8, 4) is 0 Å². The van der Waals surface area contributed by atoms with Gasteiger partial charge >= 0.3 is 0 Å². The van der Waals surface area contributed by atoms with E-state index in [0.29, 0.717) is 0 Å². The van der Waals surface area contributed by atoms with Crippen LogP contribution in [0.25, 0.3) is 0 Å². The standard InChI is InChI=1S/C8H11N.C4H11NO3/c1-6-4-7(2)8(3)9-5-6;5-4(1-6,2-7)3-8/h4-5H,1-3H3;6-8H,1-3,5H2. The van der Waals surface area contributed by atoms with Crippen LogP contribution in [0, 0.1) is 20.8 Å². The highest BCUT2D eigenvalue weighted by molar-refractivity contribution is 5.21. The van der Waals surface area contributed by atoms with Gasteiger partial charge < -0.3 is 21.1 Å². The first-order valence-electron chi connectivity index (χ1n) is 5.40. The minimum Gasteiger partial charge on any atom is -0.394 e. The van der Waals surface area contributed by atoms with Crippen LogP contribution in [0.1, 0.15) is 16.8 Å². The van der Waals surface area contributed by atoms with Gasteiger partial charge in [-0.15, -0.1) is 0 Å².